The zero-order valence-corrected chi connectivity index (χ0v) is 4.47. The highest BCUT2D eigenvalue weighted by Gasteiger charge is 1.84. The lowest BCUT2D eigenvalue weighted by atomic mass is 10.5. The zero-order chi connectivity index (χ0) is 6.53. The van der Waals surface area contributed by atoms with Gasteiger partial charge in [0.15, 0.2) is 0 Å². The Kier molecular flexibility index (Phi) is 1.69. The van der Waals surface area contributed by atoms with Crippen molar-refractivity contribution in [2.45, 2.75) is 0 Å². The molecule has 0 aliphatic heterocycles. The summed E-state index contributed by atoms with van der Waals surface area (Å²) < 4.78 is 0. The van der Waals surface area contributed by atoms with Crippen molar-refractivity contribution in [1.82, 2.24) is 15.2 Å². The molecular weight excluding hydrogens is 120 g/mol. The predicted octanol–water partition coefficient (Wildman–Crippen LogP) is -0.320. The number of aromatic nitrogens is 3. The quantitative estimate of drug-likeness (QED) is 0.316. The molecule has 0 aromatic carbocycles. The number of rotatable bonds is 1. The molecule has 1 aromatic heterocycles. The van der Waals surface area contributed by atoms with Crippen molar-refractivity contribution >= 4 is 6.21 Å². The maximum atomic E-state index is 8.00. The van der Waals surface area contributed by atoms with E-state index in [0.29, 0.717) is 5.69 Å². The van der Waals surface area contributed by atoms with Gasteiger partial charge >= 0.3 is 0 Å². The van der Waals surface area contributed by atoms with E-state index < -0.39 is 0 Å². The number of oxime groups is 1. The minimum Gasteiger partial charge on any atom is -0.411 e. The average Bonchev–Trinajstić information content (AvgIpc) is 1.91. The standard InChI is InChI=1S/C4H4N4O/c9-8-2-4-1-6-7-3-5-4/h1-3,9H/b8-2-. The van der Waals surface area contributed by atoms with Crippen molar-refractivity contribution in [3.63, 3.8) is 0 Å². The van der Waals surface area contributed by atoms with Crippen LogP contribution in [0.25, 0.3) is 0 Å². The molecule has 9 heavy (non-hydrogen) atoms. The molecule has 0 aliphatic rings. The largest absolute Gasteiger partial charge is 0.411 e. The molecule has 1 N–H and O–H groups in total. The highest BCUT2D eigenvalue weighted by molar-refractivity contribution is 5.75. The lowest BCUT2D eigenvalue weighted by Crippen LogP contribution is -1.89. The van der Waals surface area contributed by atoms with Crippen LogP contribution in [0.4, 0.5) is 0 Å². The highest BCUT2D eigenvalue weighted by atomic mass is 16.4. The van der Waals surface area contributed by atoms with Gasteiger partial charge in [-0.15, -0.1) is 5.10 Å². The fourth-order valence-corrected chi connectivity index (χ4v) is 0.374. The smallest absolute Gasteiger partial charge is 0.138 e. The topological polar surface area (TPSA) is 71.3 Å². The van der Waals surface area contributed by atoms with E-state index in [1.807, 2.05) is 0 Å². The first kappa shape index (κ1) is 5.61. The van der Waals surface area contributed by atoms with E-state index in [1.165, 1.54) is 18.7 Å². The van der Waals surface area contributed by atoms with E-state index in [2.05, 4.69) is 20.3 Å². The molecular formula is C4H4N4O. The lowest BCUT2D eigenvalue weighted by molar-refractivity contribution is 0.321. The Morgan fingerprint density at radius 2 is 2.44 bits per heavy atom. The maximum absolute atomic E-state index is 8.00. The molecule has 0 aliphatic carbocycles. The summed E-state index contributed by atoms with van der Waals surface area (Å²) in [5, 5.41) is 17.7. The van der Waals surface area contributed by atoms with E-state index in [4.69, 9.17) is 5.21 Å². The first-order valence-corrected chi connectivity index (χ1v) is 2.23. The van der Waals surface area contributed by atoms with Crippen LogP contribution in [0.2, 0.25) is 0 Å². The lowest BCUT2D eigenvalue weighted by Gasteiger charge is -1.82. The van der Waals surface area contributed by atoms with Crippen molar-refractivity contribution in [2.24, 2.45) is 5.16 Å². The summed E-state index contributed by atoms with van der Waals surface area (Å²) in [5.41, 5.74) is 0.479. The normalized spacial score (nSPS) is 10.2. The first-order valence-electron chi connectivity index (χ1n) is 2.23. The van der Waals surface area contributed by atoms with Crippen LogP contribution in [0.15, 0.2) is 17.7 Å². The Balaban J connectivity index is 2.85. The predicted molar refractivity (Wildman–Crippen MR) is 29.2 cm³/mol. The van der Waals surface area contributed by atoms with Gasteiger partial charge in [-0.2, -0.15) is 5.10 Å². The van der Waals surface area contributed by atoms with Gasteiger partial charge in [0.25, 0.3) is 0 Å². The van der Waals surface area contributed by atoms with E-state index in [1.54, 1.807) is 0 Å². The van der Waals surface area contributed by atoms with Gasteiger partial charge in [-0.3, -0.25) is 0 Å². The van der Waals surface area contributed by atoms with Crippen LogP contribution in [0, 0.1) is 0 Å². The minimum absolute atomic E-state index is 0.479. The second-order valence-corrected chi connectivity index (χ2v) is 1.27. The fraction of sp³-hybridized carbons (Fsp3) is 0. The Hall–Kier alpha value is -1.52. The average molecular weight is 124 g/mol. The van der Waals surface area contributed by atoms with E-state index in [0.717, 1.165) is 0 Å². The molecule has 0 radical (unpaired) electrons. The van der Waals surface area contributed by atoms with E-state index >= 15 is 0 Å². The summed E-state index contributed by atoms with van der Waals surface area (Å²) in [5.74, 6) is 0. The molecule has 0 bridgehead atoms. The molecule has 1 rings (SSSR count). The summed E-state index contributed by atoms with van der Waals surface area (Å²) in [6, 6.07) is 0. The first-order chi connectivity index (χ1) is 4.43. The van der Waals surface area contributed by atoms with Crippen LogP contribution in [0.5, 0.6) is 0 Å². The Morgan fingerprint density at radius 3 is 3.00 bits per heavy atom. The highest BCUT2D eigenvalue weighted by Crippen LogP contribution is 1.79. The molecule has 0 unspecified atom stereocenters. The minimum atomic E-state index is 0.479. The number of hydrogen-bond donors (Lipinski definition) is 1. The Labute approximate surface area is 51.1 Å². The van der Waals surface area contributed by atoms with Crippen LogP contribution in [0.1, 0.15) is 5.69 Å². The third-order valence-electron chi connectivity index (χ3n) is 0.705. The van der Waals surface area contributed by atoms with Crippen LogP contribution in [-0.4, -0.2) is 26.6 Å². The molecule has 0 saturated carbocycles. The molecule has 0 atom stereocenters. The van der Waals surface area contributed by atoms with E-state index in [9.17, 15) is 0 Å². The van der Waals surface area contributed by atoms with Gasteiger partial charge in [0.1, 0.15) is 12.0 Å². The van der Waals surface area contributed by atoms with Gasteiger partial charge in [0, 0.05) is 0 Å². The second-order valence-electron chi connectivity index (χ2n) is 1.27. The fourth-order valence-electron chi connectivity index (χ4n) is 0.374. The monoisotopic (exact) mass is 124 g/mol. The molecule has 5 heteroatoms. The third kappa shape index (κ3) is 1.45. The molecule has 46 valence electrons. The summed E-state index contributed by atoms with van der Waals surface area (Å²) in [4.78, 5) is 3.69. The molecule has 0 fully saturated rings. The van der Waals surface area contributed by atoms with Gasteiger partial charge in [0.2, 0.25) is 0 Å². The Bertz CT molecular complexity index is 197. The SMILES string of the molecule is O/N=C\c1cnncn1. The van der Waals surface area contributed by atoms with Crippen molar-refractivity contribution in [2.75, 3.05) is 0 Å². The number of hydrogen-bond acceptors (Lipinski definition) is 5. The van der Waals surface area contributed by atoms with Gasteiger partial charge < -0.3 is 5.21 Å². The summed E-state index contributed by atoms with van der Waals surface area (Å²) >= 11 is 0. The van der Waals surface area contributed by atoms with Crippen LogP contribution in [-0.2, 0) is 0 Å². The van der Waals surface area contributed by atoms with Crippen LogP contribution < -0.4 is 0 Å². The summed E-state index contributed by atoms with van der Waals surface area (Å²) in [6.07, 6.45) is 3.84. The molecule has 0 amide bonds. The van der Waals surface area contributed by atoms with Crippen molar-refractivity contribution in [1.29, 1.82) is 0 Å². The molecule has 0 saturated heterocycles. The van der Waals surface area contributed by atoms with Crippen LogP contribution >= 0.6 is 0 Å². The summed E-state index contributed by atoms with van der Waals surface area (Å²) in [6.45, 7) is 0. The Morgan fingerprint density at radius 1 is 1.56 bits per heavy atom. The van der Waals surface area contributed by atoms with Crippen molar-refractivity contribution in [3.05, 3.63) is 18.2 Å². The molecule has 0 spiro atoms. The van der Waals surface area contributed by atoms with Gasteiger partial charge in [-0.25, -0.2) is 4.98 Å². The third-order valence-corrected chi connectivity index (χ3v) is 0.705. The molecule has 1 heterocycles. The van der Waals surface area contributed by atoms with Gasteiger partial charge in [0.05, 0.1) is 12.4 Å². The maximum Gasteiger partial charge on any atom is 0.138 e. The molecule has 5 nitrogen and oxygen atoms in total. The second kappa shape index (κ2) is 2.71. The zero-order valence-electron chi connectivity index (χ0n) is 4.47. The van der Waals surface area contributed by atoms with Crippen molar-refractivity contribution in [3.8, 4) is 0 Å². The van der Waals surface area contributed by atoms with Gasteiger partial charge in [-0.1, -0.05) is 5.16 Å². The van der Waals surface area contributed by atoms with Crippen LogP contribution in [0.3, 0.4) is 0 Å². The van der Waals surface area contributed by atoms with Gasteiger partial charge in [-0.05, 0) is 0 Å². The van der Waals surface area contributed by atoms with Crippen molar-refractivity contribution < 1.29 is 5.21 Å². The number of nitrogens with zero attached hydrogens (tertiary/aromatic N) is 4. The van der Waals surface area contributed by atoms with E-state index in [-0.39, 0.29) is 0 Å². The summed E-state index contributed by atoms with van der Waals surface area (Å²) in [7, 11) is 0. The molecule has 1 aromatic rings.